The lowest BCUT2D eigenvalue weighted by atomic mass is 10.1. The molecule has 4 heteroatoms. The molecule has 0 unspecified atom stereocenters. The van der Waals surface area contributed by atoms with Gasteiger partial charge in [0, 0.05) is 25.2 Å². The molecule has 0 aromatic heterocycles. The zero-order chi connectivity index (χ0) is 14.4. The molecule has 0 aliphatic carbocycles. The highest BCUT2D eigenvalue weighted by atomic mass is 16.4. The summed E-state index contributed by atoms with van der Waals surface area (Å²) in [6.07, 6.45) is 2.53. The largest absolute Gasteiger partial charge is 0.478 e. The van der Waals surface area contributed by atoms with Crippen LogP contribution in [0.3, 0.4) is 0 Å². The standard InChI is InChI=1S/C15H19NO3/c1-11(2)10-16(3)15(19)13-6-4-5-12(9-13)7-8-14(17)18/h4-9,11H,10H2,1-3H3,(H,17,18)/b8-7+. The third-order valence-electron chi connectivity index (χ3n) is 2.54. The van der Waals surface area contributed by atoms with Crippen LogP contribution in [-0.2, 0) is 4.79 Å². The molecular formula is C15H19NO3. The molecule has 19 heavy (non-hydrogen) atoms. The van der Waals surface area contributed by atoms with Crippen molar-refractivity contribution < 1.29 is 14.7 Å². The number of hydrogen-bond acceptors (Lipinski definition) is 2. The minimum absolute atomic E-state index is 0.0562. The van der Waals surface area contributed by atoms with Gasteiger partial charge in [-0.1, -0.05) is 26.0 Å². The first-order valence-electron chi connectivity index (χ1n) is 6.16. The molecular weight excluding hydrogens is 242 g/mol. The first-order valence-corrected chi connectivity index (χ1v) is 6.16. The number of carbonyl (C=O) groups is 2. The minimum Gasteiger partial charge on any atom is -0.478 e. The van der Waals surface area contributed by atoms with Crippen molar-refractivity contribution in [1.29, 1.82) is 0 Å². The van der Waals surface area contributed by atoms with Gasteiger partial charge in [-0.3, -0.25) is 4.79 Å². The molecule has 0 spiro atoms. The van der Waals surface area contributed by atoms with Crippen molar-refractivity contribution in [1.82, 2.24) is 4.90 Å². The maximum absolute atomic E-state index is 12.2. The van der Waals surface area contributed by atoms with Crippen LogP contribution < -0.4 is 0 Å². The van der Waals surface area contributed by atoms with E-state index in [0.717, 1.165) is 6.08 Å². The van der Waals surface area contributed by atoms with E-state index in [0.29, 0.717) is 23.6 Å². The Kier molecular flexibility index (Phi) is 5.30. The van der Waals surface area contributed by atoms with Crippen LogP contribution >= 0.6 is 0 Å². The Balaban J connectivity index is 2.86. The van der Waals surface area contributed by atoms with Crippen LogP contribution in [0.15, 0.2) is 30.3 Å². The summed E-state index contributed by atoms with van der Waals surface area (Å²) >= 11 is 0. The highest BCUT2D eigenvalue weighted by Crippen LogP contribution is 2.10. The lowest BCUT2D eigenvalue weighted by Gasteiger charge is -2.19. The molecule has 0 bridgehead atoms. The van der Waals surface area contributed by atoms with Crippen molar-refractivity contribution in [3.8, 4) is 0 Å². The van der Waals surface area contributed by atoms with E-state index in [1.807, 2.05) is 0 Å². The number of amides is 1. The zero-order valence-corrected chi connectivity index (χ0v) is 11.5. The molecule has 1 aromatic rings. The van der Waals surface area contributed by atoms with Crippen molar-refractivity contribution in [2.24, 2.45) is 5.92 Å². The number of aliphatic carboxylic acids is 1. The maximum atomic E-state index is 12.2. The molecule has 1 amide bonds. The fourth-order valence-corrected chi connectivity index (χ4v) is 1.79. The summed E-state index contributed by atoms with van der Waals surface area (Å²) in [5.41, 5.74) is 1.27. The van der Waals surface area contributed by atoms with Crippen molar-refractivity contribution in [2.75, 3.05) is 13.6 Å². The van der Waals surface area contributed by atoms with Gasteiger partial charge in [0.05, 0.1) is 0 Å². The normalized spacial score (nSPS) is 10.9. The molecule has 0 fully saturated rings. The quantitative estimate of drug-likeness (QED) is 0.828. The Morgan fingerprint density at radius 2 is 2.05 bits per heavy atom. The van der Waals surface area contributed by atoms with Gasteiger partial charge in [0.1, 0.15) is 0 Å². The number of nitrogens with zero attached hydrogens (tertiary/aromatic N) is 1. The topological polar surface area (TPSA) is 57.6 Å². The van der Waals surface area contributed by atoms with E-state index in [1.165, 1.54) is 6.08 Å². The second-order valence-corrected chi connectivity index (χ2v) is 4.88. The van der Waals surface area contributed by atoms with Gasteiger partial charge in [-0.15, -0.1) is 0 Å². The lowest BCUT2D eigenvalue weighted by molar-refractivity contribution is -0.131. The molecule has 0 aliphatic rings. The van der Waals surface area contributed by atoms with E-state index in [9.17, 15) is 9.59 Å². The van der Waals surface area contributed by atoms with E-state index >= 15 is 0 Å². The van der Waals surface area contributed by atoms with Gasteiger partial charge in [0.25, 0.3) is 5.91 Å². The summed E-state index contributed by atoms with van der Waals surface area (Å²) in [5, 5.41) is 8.58. The Bertz CT molecular complexity index is 492. The van der Waals surface area contributed by atoms with Gasteiger partial charge in [0.15, 0.2) is 0 Å². The fourth-order valence-electron chi connectivity index (χ4n) is 1.79. The molecule has 0 heterocycles. The molecule has 102 valence electrons. The first kappa shape index (κ1) is 15.0. The summed E-state index contributed by atoms with van der Waals surface area (Å²) in [4.78, 5) is 24.3. The summed E-state index contributed by atoms with van der Waals surface area (Å²) in [6.45, 7) is 4.79. The molecule has 1 aromatic carbocycles. The van der Waals surface area contributed by atoms with Crippen molar-refractivity contribution >= 4 is 18.0 Å². The van der Waals surface area contributed by atoms with Gasteiger partial charge in [-0.25, -0.2) is 4.79 Å². The molecule has 0 radical (unpaired) electrons. The van der Waals surface area contributed by atoms with Crippen molar-refractivity contribution in [3.63, 3.8) is 0 Å². The van der Waals surface area contributed by atoms with E-state index in [4.69, 9.17) is 5.11 Å². The summed E-state index contributed by atoms with van der Waals surface area (Å²) in [5.74, 6) is -0.656. The first-order chi connectivity index (χ1) is 8.90. The monoisotopic (exact) mass is 261 g/mol. The van der Waals surface area contributed by atoms with E-state index in [-0.39, 0.29) is 5.91 Å². The average molecular weight is 261 g/mol. The molecule has 0 atom stereocenters. The maximum Gasteiger partial charge on any atom is 0.328 e. The number of hydrogen-bond donors (Lipinski definition) is 1. The van der Waals surface area contributed by atoms with Gasteiger partial charge in [-0.05, 0) is 29.7 Å². The van der Waals surface area contributed by atoms with Crippen LogP contribution in [0.4, 0.5) is 0 Å². The van der Waals surface area contributed by atoms with Gasteiger partial charge in [-0.2, -0.15) is 0 Å². The van der Waals surface area contributed by atoms with Gasteiger partial charge < -0.3 is 10.0 Å². The van der Waals surface area contributed by atoms with Crippen LogP contribution in [-0.4, -0.2) is 35.5 Å². The Morgan fingerprint density at radius 3 is 2.63 bits per heavy atom. The van der Waals surface area contributed by atoms with Crippen LogP contribution in [0.25, 0.3) is 6.08 Å². The third-order valence-corrected chi connectivity index (χ3v) is 2.54. The Labute approximate surface area is 113 Å². The highest BCUT2D eigenvalue weighted by Gasteiger charge is 2.12. The second kappa shape index (κ2) is 6.73. The average Bonchev–Trinajstić information content (AvgIpc) is 2.35. The molecule has 0 saturated carbocycles. The zero-order valence-electron chi connectivity index (χ0n) is 11.5. The number of carboxylic acid groups (broad SMARTS) is 1. The molecule has 1 N–H and O–H groups in total. The van der Waals surface area contributed by atoms with E-state index < -0.39 is 5.97 Å². The van der Waals surface area contributed by atoms with Crippen LogP contribution in [0, 0.1) is 5.92 Å². The summed E-state index contributed by atoms with van der Waals surface area (Å²) in [7, 11) is 1.77. The SMILES string of the molecule is CC(C)CN(C)C(=O)c1cccc(/C=C/C(=O)O)c1. The van der Waals surface area contributed by atoms with E-state index in [2.05, 4.69) is 13.8 Å². The summed E-state index contributed by atoms with van der Waals surface area (Å²) in [6, 6.07) is 6.94. The van der Waals surface area contributed by atoms with Crippen LogP contribution in [0.1, 0.15) is 29.8 Å². The predicted octanol–water partition coefficient (Wildman–Crippen LogP) is 2.51. The third kappa shape index (κ3) is 4.95. The number of carbonyl (C=O) groups excluding carboxylic acids is 1. The number of carboxylic acids is 1. The molecule has 0 saturated heterocycles. The lowest BCUT2D eigenvalue weighted by Crippen LogP contribution is -2.30. The van der Waals surface area contributed by atoms with Crippen LogP contribution in [0.5, 0.6) is 0 Å². The molecule has 0 aliphatic heterocycles. The van der Waals surface area contributed by atoms with Crippen molar-refractivity contribution in [2.45, 2.75) is 13.8 Å². The minimum atomic E-state index is -1.01. The fraction of sp³-hybridized carbons (Fsp3) is 0.333. The molecule has 1 rings (SSSR count). The van der Waals surface area contributed by atoms with E-state index in [1.54, 1.807) is 36.2 Å². The predicted molar refractivity (Wildman–Crippen MR) is 74.9 cm³/mol. The number of benzene rings is 1. The van der Waals surface area contributed by atoms with Gasteiger partial charge >= 0.3 is 5.97 Å². The second-order valence-electron chi connectivity index (χ2n) is 4.88. The highest BCUT2D eigenvalue weighted by molar-refractivity contribution is 5.95. The Morgan fingerprint density at radius 1 is 1.37 bits per heavy atom. The Hall–Kier alpha value is -2.10. The summed E-state index contributed by atoms with van der Waals surface area (Å²) < 4.78 is 0. The number of rotatable bonds is 5. The molecule has 4 nitrogen and oxygen atoms in total. The van der Waals surface area contributed by atoms with Crippen LogP contribution in [0.2, 0.25) is 0 Å². The van der Waals surface area contributed by atoms with Crippen molar-refractivity contribution in [3.05, 3.63) is 41.5 Å². The smallest absolute Gasteiger partial charge is 0.328 e. The van der Waals surface area contributed by atoms with Gasteiger partial charge in [0.2, 0.25) is 0 Å².